The number of ketones is 1. The number of aryl methyl sites for hydroxylation is 1. The largest absolute Gasteiger partial charge is 0.388 e. The third kappa shape index (κ3) is 2.09. The van der Waals surface area contributed by atoms with Gasteiger partial charge in [0.1, 0.15) is 6.61 Å². The van der Waals surface area contributed by atoms with E-state index in [9.17, 15) is 4.79 Å². The summed E-state index contributed by atoms with van der Waals surface area (Å²) in [7, 11) is 0. The highest BCUT2D eigenvalue weighted by atomic mass is 16.3. The Morgan fingerprint density at radius 2 is 1.74 bits per heavy atom. The van der Waals surface area contributed by atoms with Crippen molar-refractivity contribution < 1.29 is 14.3 Å². The van der Waals surface area contributed by atoms with E-state index >= 15 is 0 Å². The molecule has 94 valence electrons. The molecule has 19 heavy (non-hydrogen) atoms. The molecule has 0 unspecified atom stereocenters. The number of carbonyl (C=O) groups is 1. The molecule has 0 spiro atoms. The van der Waals surface area contributed by atoms with Gasteiger partial charge in [0.15, 0.2) is 5.78 Å². The summed E-state index contributed by atoms with van der Waals surface area (Å²) in [6, 6.07) is 13.3. The van der Waals surface area contributed by atoms with Gasteiger partial charge >= 0.3 is 11.2 Å². The Bertz CT molecular complexity index is 790. The van der Waals surface area contributed by atoms with Gasteiger partial charge in [0, 0.05) is 11.6 Å². The van der Waals surface area contributed by atoms with Crippen molar-refractivity contribution in [2.24, 2.45) is 0 Å². The maximum absolute atomic E-state index is 11.5. The minimum atomic E-state index is -0.488. The molecule has 3 aromatic rings. The van der Waals surface area contributed by atoms with Crippen molar-refractivity contribution in [2.75, 3.05) is 6.61 Å². The zero-order valence-electron chi connectivity index (χ0n) is 10.5. The molecule has 3 rings (SSSR count). The van der Waals surface area contributed by atoms with Crippen LogP contribution in [-0.2, 0) is 0 Å². The maximum atomic E-state index is 11.5. The summed E-state index contributed by atoms with van der Waals surface area (Å²) in [6.45, 7) is 1.52. The van der Waals surface area contributed by atoms with Crippen LogP contribution in [0.4, 0.5) is 0 Å². The summed E-state index contributed by atoms with van der Waals surface area (Å²) in [5, 5.41) is 10.9. The fourth-order valence-electron chi connectivity index (χ4n) is 2.14. The molecule has 1 aromatic heterocycles. The topological polar surface area (TPSA) is 48.6 Å². The number of fused-ring (bicyclic) bond motifs is 2. The predicted molar refractivity (Wildman–Crippen MR) is 74.3 cm³/mol. The van der Waals surface area contributed by atoms with E-state index in [2.05, 4.69) is 0 Å². The minimum absolute atomic E-state index is 0.304. The van der Waals surface area contributed by atoms with Crippen molar-refractivity contribution in [1.29, 1.82) is 0 Å². The van der Waals surface area contributed by atoms with Crippen LogP contribution in [-0.4, -0.2) is 17.5 Å². The third-order valence-electron chi connectivity index (χ3n) is 3.18. The van der Waals surface area contributed by atoms with E-state index in [1.165, 1.54) is 0 Å². The summed E-state index contributed by atoms with van der Waals surface area (Å²) in [4.78, 5) is 11.5. The molecule has 0 atom stereocenters. The SMILES string of the molecule is Cc1ccc2cc3ccc(C(=O)CO)cc3[o+]c2c1. The van der Waals surface area contributed by atoms with Crippen LogP contribution in [0.15, 0.2) is 46.9 Å². The Hall–Kier alpha value is -2.26. The number of aliphatic hydroxyl groups is 1. The van der Waals surface area contributed by atoms with Crippen molar-refractivity contribution in [3.63, 3.8) is 0 Å². The van der Waals surface area contributed by atoms with Crippen LogP contribution < -0.4 is 0 Å². The van der Waals surface area contributed by atoms with E-state index in [-0.39, 0.29) is 5.78 Å². The molecule has 0 saturated heterocycles. The van der Waals surface area contributed by atoms with Crippen LogP contribution in [0.1, 0.15) is 15.9 Å². The van der Waals surface area contributed by atoms with E-state index in [4.69, 9.17) is 9.52 Å². The molecule has 0 amide bonds. The highest BCUT2D eigenvalue weighted by Gasteiger charge is 2.14. The van der Waals surface area contributed by atoms with Crippen molar-refractivity contribution in [2.45, 2.75) is 6.92 Å². The van der Waals surface area contributed by atoms with E-state index in [1.54, 1.807) is 12.1 Å². The molecule has 0 aliphatic heterocycles. The fraction of sp³-hybridized carbons (Fsp3) is 0.125. The second-order valence-corrected chi connectivity index (χ2v) is 4.62. The molecular formula is C16H13O3+. The highest BCUT2D eigenvalue weighted by Crippen LogP contribution is 2.24. The normalized spacial score (nSPS) is 11.1. The Morgan fingerprint density at radius 3 is 2.47 bits per heavy atom. The van der Waals surface area contributed by atoms with Crippen LogP contribution in [0.25, 0.3) is 21.9 Å². The summed E-state index contributed by atoms with van der Waals surface area (Å²) in [5.74, 6) is -0.304. The number of aliphatic hydroxyl groups excluding tert-OH is 1. The Labute approximate surface area is 110 Å². The molecule has 3 nitrogen and oxygen atoms in total. The van der Waals surface area contributed by atoms with Gasteiger partial charge in [-0.3, -0.25) is 4.79 Å². The molecule has 1 N–H and O–H groups in total. The molecule has 0 saturated carbocycles. The standard InChI is InChI=1S/C16H13O3/c1-10-2-3-12-7-13-5-4-11(14(18)9-17)8-16(13)19-15(12)6-10/h2-8,17H,9H2,1H3/q+1. The van der Waals surface area contributed by atoms with Gasteiger partial charge in [-0.25, -0.2) is 4.42 Å². The number of benzene rings is 2. The zero-order valence-corrected chi connectivity index (χ0v) is 10.5. The highest BCUT2D eigenvalue weighted by molar-refractivity contribution is 6.00. The van der Waals surface area contributed by atoms with Crippen molar-refractivity contribution in [3.8, 4) is 0 Å². The first-order chi connectivity index (χ1) is 9.17. The van der Waals surface area contributed by atoms with Crippen LogP contribution in [0.2, 0.25) is 0 Å². The van der Waals surface area contributed by atoms with Gasteiger partial charge in [0.05, 0.1) is 16.8 Å². The lowest BCUT2D eigenvalue weighted by molar-refractivity contribution is 0.0904. The second kappa shape index (κ2) is 4.44. The van der Waals surface area contributed by atoms with Crippen LogP contribution in [0, 0.1) is 6.92 Å². The first kappa shape index (κ1) is 11.8. The van der Waals surface area contributed by atoms with Crippen molar-refractivity contribution in [1.82, 2.24) is 0 Å². The number of carbonyl (C=O) groups excluding carboxylic acids is 1. The summed E-state index contributed by atoms with van der Waals surface area (Å²) in [5.41, 5.74) is 3.03. The molecular weight excluding hydrogens is 240 g/mol. The van der Waals surface area contributed by atoms with Crippen molar-refractivity contribution >= 4 is 27.7 Å². The summed E-state index contributed by atoms with van der Waals surface area (Å²) >= 11 is 0. The zero-order chi connectivity index (χ0) is 13.4. The number of Topliss-reactive ketones (excluding diaryl/α,β-unsaturated/α-hetero) is 1. The summed E-state index contributed by atoms with van der Waals surface area (Å²) in [6.07, 6.45) is 0. The molecule has 2 aromatic carbocycles. The van der Waals surface area contributed by atoms with Gasteiger partial charge in [-0.2, -0.15) is 0 Å². The van der Waals surface area contributed by atoms with Crippen LogP contribution >= 0.6 is 0 Å². The Kier molecular flexibility index (Phi) is 2.76. The predicted octanol–water partition coefficient (Wildman–Crippen LogP) is 3.35. The number of hydrogen-bond acceptors (Lipinski definition) is 2. The third-order valence-corrected chi connectivity index (χ3v) is 3.18. The van der Waals surface area contributed by atoms with Gasteiger partial charge in [-0.05, 0) is 30.7 Å². The molecule has 0 aliphatic rings. The van der Waals surface area contributed by atoms with E-state index in [1.807, 2.05) is 37.3 Å². The quantitative estimate of drug-likeness (QED) is 0.433. The van der Waals surface area contributed by atoms with Gasteiger partial charge < -0.3 is 5.11 Å². The molecule has 0 aliphatic carbocycles. The van der Waals surface area contributed by atoms with Gasteiger partial charge in [-0.1, -0.05) is 12.1 Å². The lowest BCUT2D eigenvalue weighted by Crippen LogP contribution is -2.03. The lowest BCUT2D eigenvalue weighted by Gasteiger charge is -1.97. The van der Waals surface area contributed by atoms with Gasteiger partial charge in [0.25, 0.3) is 0 Å². The van der Waals surface area contributed by atoms with Crippen LogP contribution in [0.5, 0.6) is 0 Å². The molecule has 0 radical (unpaired) electrons. The lowest BCUT2D eigenvalue weighted by atomic mass is 10.1. The van der Waals surface area contributed by atoms with Crippen molar-refractivity contribution in [3.05, 3.63) is 53.6 Å². The Balaban J connectivity index is 2.27. The minimum Gasteiger partial charge on any atom is -0.388 e. The first-order valence-corrected chi connectivity index (χ1v) is 6.09. The molecule has 1 heterocycles. The average Bonchev–Trinajstić information content (AvgIpc) is 2.43. The number of hydrogen-bond donors (Lipinski definition) is 1. The molecule has 0 fully saturated rings. The van der Waals surface area contributed by atoms with E-state index in [0.717, 1.165) is 21.9 Å². The second-order valence-electron chi connectivity index (χ2n) is 4.62. The molecule has 3 heteroatoms. The summed E-state index contributed by atoms with van der Waals surface area (Å²) < 4.78 is 5.83. The fourth-order valence-corrected chi connectivity index (χ4v) is 2.14. The monoisotopic (exact) mass is 253 g/mol. The number of rotatable bonds is 2. The molecule has 0 bridgehead atoms. The van der Waals surface area contributed by atoms with Gasteiger partial charge in [-0.15, -0.1) is 0 Å². The van der Waals surface area contributed by atoms with E-state index < -0.39 is 6.61 Å². The smallest absolute Gasteiger partial charge is 0.361 e. The van der Waals surface area contributed by atoms with E-state index in [0.29, 0.717) is 11.1 Å². The van der Waals surface area contributed by atoms with Gasteiger partial charge in [0.2, 0.25) is 0 Å². The maximum Gasteiger partial charge on any atom is 0.361 e. The Morgan fingerprint density at radius 1 is 1.05 bits per heavy atom. The average molecular weight is 253 g/mol. The first-order valence-electron chi connectivity index (χ1n) is 6.09. The van der Waals surface area contributed by atoms with Crippen LogP contribution in [0.3, 0.4) is 0 Å².